The van der Waals surface area contributed by atoms with Crippen molar-refractivity contribution in [1.82, 2.24) is 4.90 Å². The van der Waals surface area contributed by atoms with Gasteiger partial charge in [0.2, 0.25) is 0 Å². The van der Waals surface area contributed by atoms with Crippen LogP contribution in [0, 0.1) is 10.1 Å². The molecule has 2 heterocycles. The van der Waals surface area contributed by atoms with Crippen molar-refractivity contribution in [3.05, 3.63) is 62.3 Å². The quantitative estimate of drug-likeness (QED) is 0.439. The van der Waals surface area contributed by atoms with E-state index < -0.39 is 16.1 Å². The summed E-state index contributed by atoms with van der Waals surface area (Å²) in [6.07, 6.45) is 0.611. The van der Waals surface area contributed by atoms with Gasteiger partial charge in [0.15, 0.2) is 5.43 Å². The molecule has 9 nitrogen and oxygen atoms in total. The highest BCUT2D eigenvalue weighted by molar-refractivity contribution is 5.89. The van der Waals surface area contributed by atoms with Gasteiger partial charge in [-0.15, -0.1) is 0 Å². The Bertz CT molecular complexity index is 1200. The monoisotopic (exact) mass is 412 g/mol. The number of nitro benzene ring substituents is 1. The summed E-state index contributed by atoms with van der Waals surface area (Å²) in [4.78, 5) is 25.3. The number of aromatic hydroxyl groups is 2. The predicted octanol–water partition coefficient (Wildman–Crippen LogP) is 2.56. The van der Waals surface area contributed by atoms with Crippen molar-refractivity contribution in [2.75, 3.05) is 20.2 Å². The van der Waals surface area contributed by atoms with Crippen LogP contribution in [0.15, 0.2) is 45.6 Å². The normalized spacial score (nSPS) is 19.4. The van der Waals surface area contributed by atoms with E-state index in [4.69, 9.17) is 4.42 Å². The minimum atomic E-state index is -0.550. The summed E-state index contributed by atoms with van der Waals surface area (Å²) in [5.41, 5.74) is -0.0366. The Hall–Kier alpha value is -3.43. The third-order valence-electron chi connectivity index (χ3n) is 5.72. The molecular weight excluding hydrogens is 392 g/mol. The Labute approximate surface area is 170 Å². The second-order valence-electron chi connectivity index (χ2n) is 7.44. The van der Waals surface area contributed by atoms with Gasteiger partial charge in [-0.3, -0.25) is 14.9 Å². The highest BCUT2D eigenvalue weighted by Gasteiger charge is 2.36. The van der Waals surface area contributed by atoms with Crippen LogP contribution in [0.1, 0.15) is 17.9 Å². The molecule has 0 amide bonds. The molecule has 3 aromatic rings. The Morgan fingerprint density at radius 3 is 2.70 bits per heavy atom. The number of phenols is 2. The zero-order valence-electron chi connectivity index (χ0n) is 16.1. The summed E-state index contributed by atoms with van der Waals surface area (Å²) in [6.45, 7) is 0.518. The minimum Gasteiger partial charge on any atom is -0.507 e. The standard InChI is InChI=1S/C21H20N2O7/c1-22-6-5-13(14(22)10-24)19-15(25)8-16(26)20-17(27)9-18(30-21(19)20)11-3-2-4-12(7-11)23(28)29/h2-4,7-9,13-14,24-26H,5-6,10H2,1H3/t13-,14+/m1/s1. The number of nitro groups is 1. The van der Waals surface area contributed by atoms with Gasteiger partial charge in [0, 0.05) is 47.4 Å². The van der Waals surface area contributed by atoms with E-state index in [-0.39, 0.29) is 46.7 Å². The van der Waals surface area contributed by atoms with Gasteiger partial charge in [-0.2, -0.15) is 0 Å². The molecule has 2 aromatic carbocycles. The second-order valence-corrected chi connectivity index (χ2v) is 7.44. The van der Waals surface area contributed by atoms with E-state index in [1.807, 2.05) is 11.9 Å². The van der Waals surface area contributed by atoms with Crippen molar-refractivity contribution in [3.63, 3.8) is 0 Å². The molecule has 9 heteroatoms. The molecule has 156 valence electrons. The minimum absolute atomic E-state index is 0.0141. The molecular formula is C21H20N2O7. The third-order valence-corrected chi connectivity index (χ3v) is 5.72. The Morgan fingerprint density at radius 1 is 1.23 bits per heavy atom. The number of aliphatic hydroxyl groups excluding tert-OH is 1. The molecule has 0 unspecified atom stereocenters. The average Bonchev–Trinajstić information content (AvgIpc) is 3.07. The lowest BCUT2D eigenvalue weighted by atomic mass is 9.89. The van der Waals surface area contributed by atoms with Crippen molar-refractivity contribution in [2.45, 2.75) is 18.4 Å². The Balaban J connectivity index is 1.99. The van der Waals surface area contributed by atoms with E-state index in [0.29, 0.717) is 24.1 Å². The van der Waals surface area contributed by atoms with Crippen molar-refractivity contribution >= 4 is 16.7 Å². The molecule has 2 atom stereocenters. The van der Waals surface area contributed by atoms with Crippen LogP contribution < -0.4 is 5.43 Å². The van der Waals surface area contributed by atoms with Crippen molar-refractivity contribution in [2.24, 2.45) is 0 Å². The maximum absolute atomic E-state index is 12.8. The van der Waals surface area contributed by atoms with E-state index in [2.05, 4.69) is 0 Å². The van der Waals surface area contributed by atoms with Gasteiger partial charge in [-0.05, 0) is 20.0 Å². The zero-order chi connectivity index (χ0) is 21.6. The van der Waals surface area contributed by atoms with Crippen molar-refractivity contribution in [1.29, 1.82) is 0 Å². The van der Waals surface area contributed by atoms with E-state index >= 15 is 0 Å². The fraction of sp³-hybridized carbons (Fsp3) is 0.286. The number of non-ortho nitro benzene ring substituents is 1. The summed E-state index contributed by atoms with van der Waals surface area (Å²) in [6, 6.07) is 7.63. The number of likely N-dealkylation sites (N-methyl/N-ethyl adjacent to an activating group) is 1. The summed E-state index contributed by atoms with van der Waals surface area (Å²) in [5.74, 6) is -0.906. The summed E-state index contributed by atoms with van der Waals surface area (Å²) < 4.78 is 5.95. The van der Waals surface area contributed by atoms with Crippen LogP contribution in [0.25, 0.3) is 22.3 Å². The number of phenolic OH excluding ortho intramolecular Hbond substituents is 2. The van der Waals surface area contributed by atoms with Crippen LogP contribution in [0.4, 0.5) is 5.69 Å². The van der Waals surface area contributed by atoms with E-state index in [1.165, 1.54) is 18.2 Å². The first-order valence-electron chi connectivity index (χ1n) is 9.40. The van der Waals surface area contributed by atoms with E-state index in [1.54, 1.807) is 6.07 Å². The molecule has 1 fully saturated rings. The molecule has 3 N–H and O–H groups in total. The summed E-state index contributed by atoms with van der Waals surface area (Å²) in [7, 11) is 1.85. The highest BCUT2D eigenvalue weighted by atomic mass is 16.6. The largest absolute Gasteiger partial charge is 0.507 e. The second kappa shape index (κ2) is 7.43. The van der Waals surface area contributed by atoms with E-state index in [0.717, 1.165) is 12.1 Å². The lowest BCUT2D eigenvalue weighted by Gasteiger charge is -2.24. The molecule has 0 spiro atoms. The van der Waals surface area contributed by atoms with Crippen LogP contribution in [0.3, 0.4) is 0 Å². The molecule has 4 rings (SSSR count). The number of hydrogen-bond acceptors (Lipinski definition) is 8. The maximum Gasteiger partial charge on any atom is 0.270 e. The van der Waals surface area contributed by atoms with Gasteiger partial charge in [0.25, 0.3) is 5.69 Å². The van der Waals surface area contributed by atoms with Gasteiger partial charge in [0.05, 0.1) is 11.5 Å². The SMILES string of the molecule is CN1CC[C@@H](c2c(O)cc(O)c3c(=O)cc(-c4cccc([N+](=O)[O-])c4)oc23)[C@@H]1CO. The van der Waals surface area contributed by atoms with E-state index in [9.17, 15) is 30.2 Å². The first-order chi connectivity index (χ1) is 14.3. The molecule has 0 bridgehead atoms. The van der Waals surface area contributed by atoms with Crippen LogP contribution in [0.2, 0.25) is 0 Å². The number of benzene rings is 2. The smallest absolute Gasteiger partial charge is 0.270 e. The van der Waals surface area contributed by atoms with Crippen LogP contribution in [-0.2, 0) is 0 Å². The van der Waals surface area contributed by atoms with Crippen molar-refractivity contribution in [3.8, 4) is 22.8 Å². The van der Waals surface area contributed by atoms with Crippen LogP contribution in [-0.4, -0.2) is 51.4 Å². The molecule has 1 aliphatic rings. The van der Waals surface area contributed by atoms with Gasteiger partial charge < -0.3 is 24.6 Å². The topological polar surface area (TPSA) is 137 Å². The molecule has 1 aromatic heterocycles. The molecule has 30 heavy (non-hydrogen) atoms. The Morgan fingerprint density at radius 2 is 2.00 bits per heavy atom. The average molecular weight is 412 g/mol. The predicted molar refractivity (Wildman–Crippen MR) is 109 cm³/mol. The van der Waals surface area contributed by atoms with Crippen molar-refractivity contribution < 1.29 is 24.7 Å². The van der Waals surface area contributed by atoms with Gasteiger partial charge in [-0.25, -0.2) is 0 Å². The molecule has 0 saturated carbocycles. The molecule has 0 aliphatic carbocycles. The number of likely N-dealkylation sites (tertiary alicyclic amines) is 1. The number of aliphatic hydroxyl groups is 1. The fourth-order valence-electron chi connectivity index (χ4n) is 4.21. The number of nitrogens with zero attached hydrogens (tertiary/aromatic N) is 2. The summed E-state index contributed by atoms with van der Waals surface area (Å²) >= 11 is 0. The summed E-state index contributed by atoms with van der Waals surface area (Å²) in [5, 5.41) is 41.7. The van der Waals surface area contributed by atoms with Crippen LogP contribution >= 0.6 is 0 Å². The lowest BCUT2D eigenvalue weighted by molar-refractivity contribution is -0.384. The van der Waals surface area contributed by atoms with Gasteiger partial charge in [0.1, 0.15) is 28.2 Å². The Kier molecular flexibility index (Phi) is 4.92. The molecule has 0 radical (unpaired) electrons. The number of rotatable bonds is 4. The number of hydrogen-bond donors (Lipinski definition) is 3. The number of fused-ring (bicyclic) bond motifs is 1. The van der Waals surface area contributed by atoms with Gasteiger partial charge in [-0.1, -0.05) is 12.1 Å². The first kappa shape index (κ1) is 19.9. The van der Waals surface area contributed by atoms with Crippen LogP contribution in [0.5, 0.6) is 11.5 Å². The zero-order valence-corrected chi connectivity index (χ0v) is 16.1. The first-order valence-corrected chi connectivity index (χ1v) is 9.40. The maximum atomic E-state index is 12.8. The lowest BCUT2D eigenvalue weighted by Crippen LogP contribution is -2.32. The molecule has 1 saturated heterocycles. The highest BCUT2D eigenvalue weighted by Crippen LogP contribution is 2.44. The van der Waals surface area contributed by atoms with Gasteiger partial charge >= 0.3 is 0 Å². The fourth-order valence-corrected chi connectivity index (χ4v) is 4.21. The third kappa shape index (κ3) is 3.17. The molecule has 1 aliphatic heterocycles.